The molecule has 0 spiro atoms. The standard InChI is InChI=1S/C9H17NO2/c1-9(2)4-3-7(5-9)10-8(12)6-11/h7,11H,3-6H2,1-2H3,(H,10,12). The van der Waals surface area contributed by atoms with E-state index < -0.39 is 6.61 Å². The maximum atomic E-state index is 10.8. The maximum absolute atomic E-state index is 10.8. The first-order valence-corrected chi connectivity index (χ1v) is 4.44. The molecule has 1 aliphatic carbocycles. The molecule has 70 valence electrons. The van der Waals surface area contributed by atoms with Crippen LogP contribution in [-0.4, -0.2) is 23.7 Å². The molecule has 0 aromatic rings. The van der Waals surface area contributed by atoms with E-state index in [0.29, 0.717) is 5.41 Å². The van der Waals surface area contributed by atoms with Gasteiger partial charge >= 0.3 is 0 Å². The quantitative estimate of drug-likeness (QED) is 0.641. The van der Waals surface area contributed by atoms with E-state index in [2.05, 4.69) is 19.2 Å². The van der Waals surface area contributed by atoms with Crippen molar-refractivity contribution in [2.24, 2.45) is 5.41 Å². The molecule has 0 aliphatic heterocycles. The normalized spacial score (nSPS) is 27.1. The van der Waals surface area contributed by atoms with Crippen molar-refractivity contribution < 1.29 is 9.90 Å². The van der Waals surface area contributed by atoms with Gasteiger partial charge in [-0.3, -0.25) is 4.79 Å². The van der Waals surface area contributed by atoms with Gasteiger partial charge in [0.15, 0.2) is 0 Å². The van der Waals surface area contributed by atoms with Crippen molar-refractivity contribution in [2.45, 2.75) is 39.2 Å². The van der Waals surface area contributed by atoms with Gasteiger partial charge in [0.1, 0.15) is 6.61 Å². The molecule has 0 heterocycles. The second-order valence-electron chi connectivity index (χ2n) is 4.33. The van der Waals surface area contributed by atoms with Crippen LogP contribution in [0.5, 0.6) is 0 Å². The number of aliphatic hydroxyl groups is 1. The summed E-state index contributed by atoms with van der Waals surface area (Å²) < 4.78 is 0. The third kappa shape index (κ3) is 2.48. The predicted octanol–water partition coefficient (Wildman–Crippen LogP) is 0.674. The minimum absolute atomic E-state index is 0.252. The second-order valence-corrected chi connectivity index (χ2v) is 4.33. The first-order chi connectivity index (χ1) is 5.53. The molecule has 1 rings (SSSR count). The Hall–Kier alpha value is -0.570. The molecular weight excluding hydrogens is 154 g/mol. The van der Waals surface area contributed by atoms with Gasteiger partial charge in [-0.05, 0) is 24.7 Å². The van der Waals surface area contributed by atoms with E-state index in [1.165, 1.54) is 0 Å². The first kappa shape index (κ1) is 9.52. The lowest BCUT2D eigenvalue weighted by molar-refractivity contribution is -0.124. The minimum atomic E-state index is -0.392. The maximum Gasteiger partial charge on any atom is 0.245 e. The van der Waals surface area contributed by atoms with Gasteiger partial charge in [-0.25, -0.2) is 0 Å². The summed E-state index contributed by atoms with van der Waals surface area (Å²) >= 11 is 0. The Balaban J connectivity index is 2.33. The van der Waals surface area contributed by atoms with Crippen LogP contribution in [0.2, 0.25) is 0 Å². The molecule has 2 N–H and O–H groups in total. The van der Waals surface area contributed by atoms with Gasteiger partial charge in [0.05, 0.1) is 0 Å². The Labute approximate surface area is 73.2 Å². The molecule has 0 bridgehead atoms. The summed E-state index contributed by atoms with van der Waals surface area (Å²) in [4.78, 5) is 10.8. The van der Waals surface area contributed by atoms with E-state index in [-0.39, 0.29) is 11.9 Å². The lowest BCUT2D eigenvalue weighted by atomic mass is 9.92. The summed E-state index contributed by atoms with van der Waals surface area (Å²) in [5.74, 6) is -0.252. The summed E-state index contributed by atoms with van der Waals surface area (Å²) in [6.45, 7) is 4.02. The molecule has 3 nitrogen and oxygen atoms in total. The molecule has 1 fully saturated rings. The SMILES string of the molecule is CC1(C)CCC(NC(=O)CO)C1. The molecule has 1 saturated carbocycles. The van der Waals surface area contributed by atoms with Gasteiger partial charge in [0.25, 0.3) is 0 Å². The van der Waals surface area contributed by atoms with Crippen molar-refractivity contribution in [2.75, 3.05) is 6.61 Å². The zero-order chi connectivity index (χ0) is 9.19. The third-order valence-corrected chi connectivity index (χ3v) is 2.48. The average Bonchev–Trinajstić information content (AvgIpc) is 2.30. The molecule has 12 heavy (non-hydrogen) atoms. The Kier molecular flexibility index (Phi) is 2.73. The van der Waals surface area contributed by atoms with E-state index in [1.54, 1.807) is 0 Å². The van der Waals surface area contributed by atoms with Gasteiger partial charge < -0.3 is 10.4 Å². The predicted molar refractivity (Wildman–Crippen MR) is 46.6 cm³/mol. The van der Waals surface area contributed by atoms with Crippen LogP contribution in [0.4, 0.5) is 0 Å². The number of aliphatic hydroxyl groups excluding tert-OH is 1. The highest BCUT2D eigenvalue weighted by molar-refractivity contribution is 5.77. The Morgan fingerprint density at radius 1 is 1.67 bits per heavy atom. The van der Waals surface area contributed by atoms with Crippen molar-refractivity contribution in [1.82, 2.24) is 5.32 Å². The van der Waals surface area contributed by atoms with Crippen LogP contribution in [0.1, 0.15) is 33.1 Å². The second kappa shape index (κ2) is 3.44. The number of nitrogens with one attached hydrogen (secondary N) is 1. The number of carbonyl (C=O) groups excluding carboxylic acids is 1. The fraction of sp³-hybridized carbons (Fsp3) is 0.889. The summed E-state index contributed by atoms with van der Waals surface area (Å²) in [7, 11) is 0. The van der Waals surface area contributed by atoms with E-state index in [4.69, 9.17) is 5.11 Å². The van der Waals surface area contributed by atoms with E-state index in [9.17, 15) is 4.79 Å². The molecular formula is C9H17NO2. The first-order valence-electron chi connectivity index (χ1n) is 4.44. The van der Waals surface area contributed by atoms with Gasteiger partial charge in [-0.1, -0.05) is 13.8 Å². The zero-order valence-electron chi connectivity index (χ0n) is 7.76. The molecule has 1 amide bonds. The highest BCUT2D eigenvalue weighted by Crippen LogP contribution is 2.36. The van der Waals surface area contributed by atoms with E-state index in [1.807, 2.05) is 0 Å². The topological polar surface area (TPSA) is 49.3 Å². The average molecular weight is 171 g/mol. The Morgan fingerprint density at radius 3 is 2.75 bits per heavy atom. The fourth-order valence-electron chi connectivity index (χ4n) is 1.83. The van der Waals surface area contributed by atoms with Crippen molar-refractivity contribution in [3.05, 3.63) is 0 Å². The van der Waals surface area contributed by atoms with Crippen molar-refractivity contribution in [3.63, 3.8) is 0 Å². The van der Waals surface area contributed by atoms with Crippen LogP contribution >= 0.6 is 0 Å². The summed E-state index contributed by atoms with van der Waals surface area (Å²) in [5.41, 5.74) is 0.355. The zero-order valence-corrected chi connectivity index (χ0v) is 7.76. The number of carbonyl (C=O) groups is 1. The van der Waals surface area contributed by atoms with Crippen LogP contribution in [-0.2, 0) is 4.79 Å². The highest BCUT2D eigenvalue weighted by atomic mass is 16.3. The number of rotatable bonds is 2. The summed E-state index contributed by atoms with van der Waals surface area (Å²) in [5, 5.41) is 11.3. The van der Waals surface area contributed by atoms with Crippen LogP contribution in [0, 0.1) is 5.41 Å². The third-order valence-electron chi connectivity index (χ3n) is 2.48. The Bertz CT molecular complexity index is 177. The molecule has 1 atom stereocenters. The molecule has 0 aromatic heterocycles. The van der Waals surface area contributed by atoms with Crippen molar-refractivity contribution >= 4 is 5.91 Å². The minimum Gasteiger partial charge on any atom is -0.387 e. The monoisotopic (exact) mass is 171 g/mol. The van der Waals surface area contributed by atoms with Crippen molar-refractivity contribution in [3.8, 4) is 0 Å². The van der Waals surface area contributed by atoms with Gasteiger partial charge in [0.2, 0.25) is 5.91 Å². The summed E-state index contributed by atoms with van der Waals surface area (Å²) in [6.07, 6.45) is 3.22. The molecule has 3 heteroatoms. The fourth-order valence-corrected chi connectivity index (χ4v) is 1.83. The molecule has 1 aliphatic rings. The van der Waals surface area contributed by atoms with Gasteiger partial charge in [-0.2, -0.15) is 0 Å². The largest absolute Gasteiger partial charge is 0.387 e. The van der Waals surface area contributed by atoms with E-state index in [0.717, 1.165) is 19.3 Å². The van der Waals surface area contributed by atoms with Crippen LogP contribution < -0.4 is 5.32 Å². The number of hydrogen-bond acceptors (Lipinski definition) is 2. The van der Waals surface area contributed by atoms with Crippen LogP contribution in [0.25, 0.3) is 0 Å². The smallest absolute Gasteiger partial charge is 0.245 e. The van der Waals surface area contributed by atoms with Crippen LogP contribution in [0.3, 0.4) is 0 Å². The molecule has 0 saturated heterocycles. The summed E-state index contributed by atoms with van der Waals surface area (Å²) in [6, 6.07) is 0.277. The lowest BCUT2D eigenvalue weighted by Crippen LogP contribution is -2.35. The van der Waals surface area contributed by atoms with Gasteiger partial charge in [0, 0.05) is 6.04 Å². The van der Waals surface area contributed by atoms with E-state index >= 15 is 0 Å². The van der Waals surface area contributed by atoms with Crippen LogP contribution in [0.15, 0.2) is 0 Å². The molecule has 0 aromatic carbocycles. The molecule has 0 radical (unpaired) electrons. The Morgan fingerprint density at radius 2 is 2.33 bits per heavy atom. The van der Waals surface area contributed by atoms with Gasteiger partial charge in [-0.15, -0.1) is 0 Å². The molecule has 1 unspecified atom stereocenters. The number of hydrogen-bond donors (Lipinski definition) is 2. The highest BCUT2D eigenvalue weighted by Gasteiger charge is 2.31. The number of amides is 1. The lowest BCUT2D eigenvalue weighted by Gasteiger charge is -2.17. The van der Waals surface area contributed by atoms with Crippen molar-refractivity contribution in [1.29, 1.82) is 0 Å².